The number of aliphatic hydroxyl groups is 1. The summed E-state index contributed by atoms with van der Waals surface area (Å²) in [4.78, 5) is 63.5. The van der Waals surface area contributed by atoms with E-state index in [9.17, 15) is 29.1 Å². The maximum Gasteiger partial charge on any atom is 0.325 e. The zero-order chi connectivity index (χ0) is 27.0. The highest BCUT2D eigenvalue weighted by Gasteiger charge is 2.32. The smallest absolute Gasteiger partial charge is 0.325 e. The minimum absolute atomic E-state index is 0.159. The number of carbonyl (C=O) groups is 5. The summed E-state index contributed by atoms with van der Waals surface area (Å²) in [6.45, 7) is 2.44. The first-order valence-electron chi connectivity index (χ1n) is 11.3. The number of fused-ring (bicyclic) bond motifs is 1. The lowest BCUT2D eigenvalue weighted by molar-refractivity contribution is -0.142. The number of aromatic amines is 1. The SMILES string of the molecule is CC(NC(=O)C(NC(=O)C(CCC(N)=O)NC(=O)C(N)Cc1c[nH]c2ccccc12)C(C)O)C(=O)O. The summed E-state index contributed by atoms with van der Waals surface area (Å²) in [7, 11) is 0. The van der Waals surface area contributed by atoms with E-state index in [1.54, 1.807) is 6.20 Å². The van der Waals surface area contributed by atoms with Crippen molar-refractivity contribution in [2.45, 2.75) is 63.4 Å². The molecular formula is C23H32N6O7. The molecule has 0 saturated heterocycles. The molecule has 4 amide bonds. The van der Waals surface area contributed by atoms with Crippen molar-refractivity contribution in [2.75, 3.05) is 0 Å². The zero-order valence-electron chi connectivity index (χ0n) is 20.0. The Morgan fingerprint density at radius 2 is 1.67 bits per heavy atom. The van der Waals surface area contributed by atoms with Crippen LogP contribution in [0.1, 0.15) is 32.3 Å². The van der Waals surface area contributed by atoms with E-state index in [4.69, 9.17) is 16.6 Å². The average Bonchev–Trinajstić information content (AvgIpc) is 3.21. The molecule has 0 aliphatic carbocycles. The van der Waals surface area contributed by atoms with Gasteiger partial charge in [-0.2, -0.15) is 0 Å². The van der Waals surface area contributed by atoms with Gasteiger partial charge in [-0.15, -0.1) is 0 Å². The molecule has 1 aromatic carbocycles. The van der Waals surface area contributed by atoms with Crippen LogP contribution in [-0.2, 0) is 30.4 Å². The normalized spacial score (nSPS) is 15.2. The Labute approximate surface area is 207 Å². The maximum absolute atomic E-state index is 12.9. The summed E-state index contributed by atoms with van der Waals surface area (Å²) < 4.78 is 0. The van der Waals surface area contributed by atoms with Crippen molar-refractivity contribution in [2.24, 2.45) is 11.5 Å². The Balaban J connectivity index is 2.11. The van der Waals surface area contributed by atoms with Crippen molar-refractivity contribution >= 4 is 40.5 Å². The first-order chi connectivity index (χ1) is 16.9. The summed E-state index contributed by atoms with van der Waals surface area (Å²) in [6.07, 6.45) is 0.0565. The first kappa shape index (κ1) is 28.3. The number of primary amides is 1. The van der Waals surface area contributed by atoms with E-state index < -0.39 is 59.9 Å². The maximum atomic E-state index is 12.9. The number of carbonyl (C=O) groups excluding carboxylic acids is 4. The Kier molecular flexibility index (Phi) is 9.93. The van der Waals surface area contributed by atoms with Gasteiger partial charge in [0.1, 0.15) is 18.1 Å². The molecule has 0 bridgehead atoms. The first-order valence-corrected chi connectivity index (χ1v) is 11.3. The van der Waals surface area contributed by atoms with Crippen LogP contribution in [0.25, 0.3) is 10.9 Å². The van der Waals surface area contributed by atoms with Gasteiger partial charge >= 0.3 is 5.97 Å². The third-order valence-electron chi connectivity index (χ3n) is 5.56. The van der Waals surface area contributed by atoms with E-state index in [-0.39, 0.29) is 19.3 Å². The quantitative estimate of drug-likeness (QED) is 0.155. The van der Waals surface area contributed by atoms with Crippen molar-refractivity contribution in [3.63, 3.8) is 0 Å². The van der Waals surface area contributed by atoms with Gasteiger partial charge in [0.25, 0.3) is 0 Å². The monoisotopic (exact) mass is 504 g/mol. The fourth-order valence-corrected chi connectivity index (χ4v) is 3.49. The van der Waals surface area contributed by atoms with Gasteiger partial charge in [0.15, 0.2) is 0 Å². The largest absolute Gasteiger partial charge is 0.480 e. The van der Waals surface area contributed by atoms with Crippen LogP contribution < -0.4 is 27.4 Å². The van der Waals surface area contributed by atoms with Crippen LogP contribution in [0.3, 0.4) is 0 Å². The van der Waals surface area contributed by atoms with Gasteiger partial charge in [-0.3, -0.25) is 24.0 Å². The Bertz CT molecular complexity index is 1120. The molecule has 13 nitrogen and oxygen atoms in total. The van der Waals surface area contributed by atoms with Gasteiger partial charge in [0.05, 0.1) is 12.1 Å². The van der Waals surface area contributed by atoms with Gasteiger partial charge < -0.3 is 42.6 Å². The van der Waals surface area contributed by atoms with E-state index in [0.717, 1.165) is 16.5 Å². The highest BCUT2D eigenvalue weighted by atomic mass is 16.4. The molecular weight excluding hydrogens is 472 g/mol. The van der Waals surface area contributed by atoms with Crippen LogP contribution in [0.2, 0.25) is 0 Å². The fraction of sp³-hybridized carbons (Fsp3) is 0.435. The van der Waals surface area contributed by atoms with Crippen molar-refractivity contribution in [3.05, 3.63) is 36.0 Å². The molecule has 36 heavy (non-hydrogen) atoms. The van der Waals surface area contributed by atoms with Crippen LogP contribution in [0.15, 0.2) is 30.5 Å². The number of carboxylic acid groups (broad SMARTS) is 1. The number of hydrogen-bond donors (Lipinski definition) is 8. The van der Waals surface area contributed by atoms with Crippen LogP contribution >= 0.6 is 0 Å². The molecule has 5 unspecified atom stereocenters. The number of para-hydroxylation sites is 1. The molecule has 5 atom stereocenters. The predicted molar refractivity (Wildman–Crippen MR) is 129 cm³/mol. The van der Waals surface area contributed by atoms with Crippen LogP contribution in [-0.4, -0.2) is 75.1 Å². The van der Waals surface area contributed by atoms with E-state index in [1.807, 2.05) is 24.3 Å². The molecule has 1 heterocycles. The third kappa shape index (κ3) is 7.78. The van der Waals surface area contributed by atoms with E-state index in [2.05, 4.69) is 20.9 Å². The molecule has 196 valence electrons. The lowest BCUT2D eigenvalue weighted by Crippen LogP contribution is -2.59. The molecule has 2 rings (SSSR count). The third-order valence-corrected chi connectivity index (χ3v) is 5.56. The van der Waals surface area contributed by atoms with Gasteiger partial charge in [0.2, 0.25) is 23.6 Å². The summed E-state index contributed by atoms with van der Waals surface area (Å²) in [5, 5.41) is 26.8. The van der Waals surface area contributed by atoms with Gasteiger partial charge in [-0.05, 0) is 38.3 Å². The molecule has 0 aliphatic heterocycles. The molecule has 0 saturated carbocycles. The number of H-pyrrole nitrogens is 1. The van der Waals surface area contributed by atoms with Crippen molar-refractivity contribution < 1.29 is 34.2 Å². The van der Waals surface area contributed by atoms with Crippen LogP contribution in [0, 0.1) is 0 Å². The number of nitrogens with two attached hydrogens (primary N) is 2. The van der Waals surface area contributed by atoms with E-state index in [1.165, 1.54) is 13.8 Å². The molecule has 2 aromatic rings. The van der Waals surface area contributed by atoms with Gasteiger partial charge in [-0.25, -0.2) is 0 Å². The van der Waals surface area contributed by atoms with E-state index >= 15 is 0 Å². The molecule has 1 aromatic heterocycles. The number of hydrogen-bond acceptors (Lipinski definition) is 7. The second-order valence-corrected chi connectivity index (χ2v) is 8.53. The molecule has 10 N–H and O–H groups in total. The highest BCUT2D eigenvalue weighted by Crippen LogP contribution is 2.18. The number of rotatable bonds is 13. The second-order valence-electron chi connectivity index (χ2n) is 8.53. The minimum Gasteiger partial charge on any atom is -0.480 e. The summed E-state index contributed by atoms with van der Waals surface area (Å²) in [6, 6.07) is 2.32. The number of aliphatic carboxylic acids is 1. The lowest BCUT2D eigenvalue weighted by atomic mass is 10.0. The van der Waals surface area contributed by atoms with E-state index in [0.29, 0.717) is 0 Å². The number of aromatic nitrogens is 1. The highest BCUT2D eigenvalue weighted by molar-refractivity contribution is 5.95. The minimum atomic E-state index is -1.52. The standard InChI is InChI=1S/C23H32N6O7/c1-11(23(35)36)27-22(34)19(12(2)30)29-21(33)17(7-8-18(25)31)28-20(32)15(24)9-13-10-26-16-6-4-3-5-14(13)16/h3-6,10-12,15,17,19,26,30H,7-9,24H2,1-2H3,(H2,25,31)(H,27,34)(H,28,32)(H,29,33)(H,35,36). The number of aliphatic hydroxyl groups excluding tert-OH is 1. The average molecular weight is 505 g/mol. The molecule has 0 radical (unpaired) electrons. The lowest BCUT2D eigenvalue weighted by Gasteiger charge is -2.26. The van der Waals surface area contributed by atoms with Crippen molar-refractivity contribution in [3.8, 4) is 0 Å². The Morgan fingerprint density at radius 3 is 2.28 bits per heavy atom. The Morgan fingerprint density at radius 1 is 1.00 bits per heavy atom. The second kappa shape index (κ2) is 12.7. The predicted octanol–water partition coefficient (Wildman–Crippen LogP) is -1.76. The summed E-state index contributed by atoms with van der Waals surface area (Å²) >= 11 is 0. The molecule has 0 spiro atoms. The van der Waals surface area contributed by atoms with Gasteiger partial charge in [-0.1, -0.05) is 18.2 Å². The van der Waals surface area contributed by atoms with Crippen molar-refractivity contribution in [1.29, 1.82) is 0 Å². The molecule has 0 aliphatic rings. The number of nitrogens with one attached hydrogen (secondary N) is 4. The summed E-state index contributed by atoms with van der Waals surface area (Å²) in [5.74, 6) is -4.53. The molecule has 13 heteroatoms. The summed E-state index contributed by atoms with van der Waals surface area (Å²) in [5.41, 5.74) is 12.9. The number of amides is 4. The van der Waals surface area contributed by atoms with Crippen LogP contribution in [0.5, 0.6) is 0 Å². The molecule has 0 fully saturated rings. The zero-order valence-corrected chi connectivity index (χ0v) is 20.0. The van der Waals surface area contributed by atoms with Gasteiger partial charge in [0, 0.05) is 23.5 Å². The number of benzene rings is 1. The number of carboxylic acids is 1. The van der Waals surface area contributed by atoms with Crippen molar-refractivity contribution in [1.82, 2.24) is 20.9 Å². The Hall–Kier alpha value is -3.97. The topological polar surface area (TPSA) is 230 Å². The fourth-order valence-electron chi connectivity index (χ4n) is 3.49. The van der Waals surface area contributed by atoms with Crippen LogP contribution in [0.4, 0.5) is 0 Å².